The first kappa shape index (κ1) is 20.6. The molecule has 0 saturated carbocycles. The number of likely N-dealkylation sites (tertiary alicyclic amines) is 1. The van der Waals surface area contributed by atoms with E-state index in [4.69, 9.17) is 0 Å². The lowest BCUT2D eigenvalue weighted by atomic mass is 10.0. The third-order valence-electron chi connectivity index (χ3n) is 4.62. The SMILES string of the molecule is O=C(Nc1ccccc1F)NC(CN1CCCC1=O)c1cccc(C(F)(F)F)c1. The number of carbonyl (C=O) groups excluding carboxylic acids is 2. The van der Waals surface area contributed by atoms with Crippen molar-refractivity contribution in [3.8, 4) is 0 Å². The maximum absolute atomic E-state index is 13.8. The molecule has 0 aliphatic carbocycles. The molecule has 0 radical (unpaired) electrons. The highest BCUT2D eigenvalue weighted by Gasteiger charge is 2.32. The van der Waals surface area contributed by atoms with Gasteiger partial charge in [-0.05, 0) is 36.2 Å². The Balaban J connectivity index is 1.82. The Morgan fingerprint density at radius 1 is 1.14 bits per heavy atom. The lowest BCUT2D eigenvalue weighted by Crippen LogP contribution is -2.40. The van der Waals surface area contributed by atoms with Crippen LogP contribution in [0.5, 0.6) is 0 Å². The standard InChI is InChI=1S/C20H19F4N3O2/c21-15-7-1-2-8-16(15)25-19(29)26-17(12-27-10-4-9-18(27)28)13-5-3-6-14(11-13)20(22,23)24/h1-3,5-8,11,17H,4,9-10,12H2,(H2,25,26,29). The van der Waals surface area contributed by atoms with E-state index in [0.29, 0.717) is 19.4 Å². The first-order valence-corrected chi connectivity index (χ1v) is 9.01. The van der Waals surface area contributed by atoms with Crippen LogP contribution in [0.2, 0.25) is 0 Å². The maximum Gasteiger partial charge on any atom is 0.416 e. The molecule has 1 aliphatic rings. The van der Waals surface area contributed by atoms with Crippen LogP contribution in [0.25, 0.3) is 0 Å². The van der Waals surface area contributed by atoms with Gasteiger partial charge in [-0.15, -0.1) is 0 Å². The number of hydrogen-bond donors (Lipinski definition) is 2. The molecule has 29 heavy (non-hydrogen) atoms. The van der Waals surface area contributed by atoms with E-state index in [1.807, 2.05) is 0 Å². The first-order valence-electron chi connectivity index (χ1n) is 9.01. The Morgan fingerprint density at radius 3 is 2.55 bits per heavy atom. The van der Waals surface area contributed by atoms with E-state index in [1.165, 1.54) is 41.3 Å². The lowest BCUT2D eigenvalue weighted by molar-refractivity contribution is -0.137. The summed E-state index contributed by atoms with van der Waals surface area (Å²) in [5.41, 5.74) is -0.725. The summed E-state index contributed by atoms with van der Waals surface area (Å²) in [5.74, 6) is -0.772. The smallest absolute Gasteiger partial charge is 0.340 e. The number of urea groups is 1. The van der Waals surface area contributed by atoms with E-state index in [2.05, 4.69) is 10.6 Å². The average Bonchev–Trinajstić information content (AvgIpc) is 3.07. The van der Waals surface area contributed by atoms with Gasteiger partial charge in [0, 0.05) is 19.5 Å². The molecule has 1 unspecified atom stereocenters. The number of nitrogens with zero attached hydrogens (tertiary/aromatic N) is 1. The topological polar surface area (TPSA) is 61.4 Å². The third kappa shape index (κ3) is 5.24. The van der Waals surface area contributed by atoms with Gasteiger partial charge in [0.25, 0.3) is 0 Å². The Morgan fingerprint density at radius 2 is 1.90 bits per heavy atom. The van der Waals surface area contributed by atoms with E-state index >= 15 is 0 Å². The number of nitrogens with one attached hydrogen (secondary N) is 2. The normalized spacial score (nSPS) is 15.3. The minimum absolute atomic E-state index is 0.0187. The van der Waals surface area contributed by atoms with Crippen LogP contribution in [0.1, 0.15) is 30.0 Å². The molecule has 0 aromatic heterocycles. The largest absolute Gasteiger partial charge is 0.416 e. The number of amides is 3. The van der Waals surface area contributed by atoms with Crippen LogP contribution in [0.4, 0.5) is 28.0 Å². The van der Waals surface area contributed by atoms with Gasteiger partial charge < -0.3 is 15.5 Å². The summed E-state index contributed by atoms with van der Waals surface area (Å²) in [5, 5.41) is 4.90. The third-order valence-corrected chi connectivity index (χ3v) is 4.62. The molecule has 9 heteroatoms. The summed E-state index contributed by atoms with van der Waals surface area (Å²) < 4.78 is 53.0. The molecule has 0 spiro atoms. The number of hydrogen-bond acceptors (Lipinski definition) is 2. The molecule has 3 rings (SSSR count). The fourth-order valence-electron chi connectivity index (χ4n) is 3.16. The highest BCUT2D eigenvalue weighted by Crippen LogP contribution is 2.31. The molecule has 1 aliphatic heterocycles. The summed E-state index contributed by atoms with van der Waals surface area (Å²) in [7, 11) is 0. The van der Waals surface area contributed by atoms with Crippen LogP contribution in [-0.2, 0) is 11.0 Å². The Labute approximate surface area is 164 Å². The second kappa shape index (κ2) is 8.50. The van der Waals surface area contributed by atoms with Crippen LogP contribution < -0.4 is 10.6 Å². The van der Waals surface area contributed by atoms with Gasteiger partial charge in [-0.1, -0.05) is 24.3 Å². The monoisotopic (exact) mass is 409 g/mol. The molecular weight excluding hydrogens is 390 g/mol. The molecule has 1 fully saturated rings. The number of carbonyl (C=O) groups is 2. The Bertz CT molecular complexity index is 901. The van der Waals surface area contributed by atoms with Crippen molar-refractivity contribution in [2.75, 3.05) is 18.4 Å². The molecule has 3 amide bonds. The van der Waals surface area contributed by atoms with E-state index in [0.717, 1.165) is 12.1 Å². The fourth-order valence-corrected chi connectivity index (χ4v) is 3.16. The van der Waals surface area contributed by atoms with Crippen molar-refractivity contribution in [2.45, 2.75) is 25.1 Å². The zero-order chi connectivity index (χ0) is 21.0. The second-order valence-corrected chi connectivity index (χ2v) is 6.70. The van der Waals surface area contributed by atoms with Crippen molar-refractivity contribution < 1.29 is 27.2 Å². The molecule has 1 heterocycles. The molecule has 2 N–H and O–H groups in total. The average molecular weight is 409 g/mol. The quantitative estimate of drug-likeness (QED) is 0.723. The van der Waals surface area contributed by atoms with E-state index in [1.54, 1.807) is 0 Å². The zero-order valence-corrected chi connectivity index (χ0v) is 15.3. The van der Waals surface area contributed by atoms with Crippen LogP contribution in [0.15, 0.2) is 48.5 Å². The van der Waals surface area contributed by atoms with Crippen molar-refractivity contribution in [3.05, 3.63) is 65.5 Å². The number of para-hydroxylation sites is 1. The summed E-state index contributed by atoms with van der Waals surface area (Å²) in [6, 6.07) is 8.40. The predicted molar refractivity (Wildman–Crippen MR) is 98.6 cm³/mol. The Kier molecular flexibility index (Phi) is 6.05. The number of benzene rings is 2. The fraction of sp³-hybridized carbons (Fsp3) is 0.300. The number of anilines is 1. The summed E-state index contributed by atoms with van der Waals surface area (Å²) in [4.78, 5) is 25.8. The van der Waals surface area contributed by atoms with Gasteiger partial charge in [-0.25, -0.2) is 9.18 Å². The highest BCUT2D eigenvalue weighted by molar-refractivity contribution is 5.89. The highest BCUT2D eigenvalue weighted by atomic mass is 19.4. The number of halogens is 4. The maximum atomic E-state index is 13.8. The van der Waals surface area contributed by atoms with E-state index < -0.39 is 29.6 Å². The summed E-state index contributed by atoms with van der Waals surface area (Å²) in [6.45, 7) is 0.482. The summed E-state index contributed by atoms with van der Waals surface area (Å²) >= 11 is 0. The first-order chi connectivity index (χ1) is 13.7. The van der Waals surface area contributed by atoms with Crippen LogP contribution >= 0.6 is 0 Å². The molecule has 2 aromatic carbocycles. The van der Waals surface area contributed by atoms with E-state index in [9.17, 15) is 27.2 Å². The summed E-state index contributed by atoms with van der Waals surface area (Å²) in [6.07, 6.45) is -3.54. The van der Waals surface area contributed by atoms with Crippen molar-refractivity contribution in [1.82, 2.24) is 10.2 Å². The van der Waals surface area contributed by atoms with Gasteiger partial charge in [-0.3, -0.25) is 4.79 Å². The van der Waals surface area contributed by atoms with Crippen LogP contribution in [0.3, 0.4) is 0 Å². The second-order valence-electron chi connectivity index (χ2n) is 6.70. The number of alkyl halides is 3. The molecule has 1 atom stereocenters. The lowest BCUT2D eigenvalue weighted by Gasteiger charge is -2.26. The van der Waals surface area contributed by atoms with Crippen molar-refractivity contribution in [2.24, 2.45) is 0 Å². The zero-order valence-electron chi connectivity index (χ0n) is 15.3. The van der Waals surface area contributed by atoms with Crippen LogP contribution in [-0.4, -0.2) is 29.9 Å². The van der Waals surface area contributed by atoms with Crippen molar-refractivity contribution in [1.29, 1.82) is 0 Å². The van der Waals surface area contributed by atoms with Gasteiger partial charge in [0.15, 0.2) is 0 Å². The van der Waals surface area contributed by atoms with Gasteiger partial charge >= 0.3 is 12.2 Å². The minimum atomic E-state index is -4.54. The predicted octanol–water partition coefficient (Wildman–Crippen LogP) is 4.33. The van der Waals surface area contributed by atoms with Crippen LogP contribution in [0, 0.1) is 5.82 Å². The van der Waals surface area contributed by atoms with Crippen molar-refractivity contribution in [3.63, 3.8) is 0 Å². The van der Waals surface area contributed by atoms with Gasteiger partial charge in [0.1, 0.15) is 5.82 Å². The van der Waals surface area contributed by atoms with E-state index in [-0.39, 0.29) is 23.7 Å². The number of rotatable bonds is 5. The Hall–Kier alpha value is -3.10. The molecule has 2 aromatic rings. The molecular formula is C20H19F4N3O2. The van der Waals surface area contributed by atoms with Crippen molar-refractivity contribution >= 4 is 17.6 Å². The molecule has 1 saturated heterocycles. The molecule has 154 valence electrons. The minimum Gasteiger partial charge on any atom is -0.340 e. The molecule has 0 bridgehead atoms. The van der Waals surface area contributed by atoms with Gasteiger partial charge in [0.2, 0.25) is 5.91 Å². The molecule has 5 nitrogen and oxygen atoms in total. The van der Waals surface area contributed by atoms with Gasteiger partial charge in [-0.2, -0.15) is 13.2 Å². The van der Waals surface area contributed by atoms with Gasteiger partial charge in [0.05, 0.1) is 17.3 Å².